The topological polar surface area (TPSA) is 383 Å². The molecule has 0 aliphatic heterocycles. The number of aliphatic hydroxyl groups excluding tert-OH is 1. The zero-order valence-corrected chi connectivity index (χ0v) is 25.8. The molecule has 0 fully saturated rings. The van der Waals surface area contributed by atoms with Gasteiger partial charge in [-0.25, -0.2) is 0 Å². The maximum atomic E-state index is 10.4. The van der Waals surface area contributed by atoms with E-state index in [-0.39, 0.29) is 18.7 Å². The van der Waals surface area contributed by atoms with Crippen LogP contribution in [-0.2, 0) is 36.8 Å². The van der Waals surface area contributed by atoms with Gasteiger partial charge in [-0.3, -0.25) is 24.0 Å². The summed E-state index contributed by atoms with van der Waals surface area (Å²) in [6, 6.07) is 12.1. The van der Waals surface area contributed by atoms with Crippen molar-refractivity contribution in [2.24, 2.45) is 34.4 Å². The fourth-order valence-electron chi connectivity index (χ4n) is 2.64. The number of carbonyl (C=O) groups is 5. The van der Waals surface area contributed by atoms with Gasteiger partial charge in [-0.15, -0.1) is 0 Å². The summed E-state index contributed by atoms with van der Waals surface area (Å²) in [5, 5.41) is 57.8. The third kappa shape index (κ3) is 29.8. The number of nitrogens with two attached hydrogens (primary N) is 6. The van der Waals surface area contributed by atoms with Crippen molar-refractivity contribution >= 4 is 29.8 Å². The van der Waals surface area contributed by atoms with Crippen molar-refractivity contribution in [3.05, 3.63) is 65.7 Å². The average molecular weight is 673 g/mol. The minimum atomic E-state index is -1.18. The molecule has 4 unspecified atom stereocenters. The first-order valence-electron chi connectivity index (χ1n) is 13.9. The molecule has 0 aliphatic carbocycles. The Morgan fingerprint density at radius 3 is 1.26 bits per heavy atom. The number of hydrogen-bond acceptors (Lipinski definition) is 13. The number of carboxylic acids is 5. The SMILES string of the molecule is NC(CO)C(=O)O.NC(Cc1ccc(O)cc1)C(=O)O.NC(Cc1ccccc1)C(=O)O.NCC(=O)O.NCCCCC(N)C(=O)O. The summed E-state index contributed by atoms with van der Waals surface area (Å²) in [7, 11) is 0. The predicted molar refractivity (Wildman–Crippen MR) is 171 cm³/mol. The minimum absolute atomic E-state index is 0.160. The summed E-state index contributed by atoms with van der Waals surface area (Å²) in [5.41, 5.74) is 32.2. The van der Waals surface area contributed by atoms with Gasteiger partial charge in [0.2, 0.25) is 0 Å². The van der Waals surface area contributed by atoms with Gasteiger partial charge in [0.15, 0.2) is 0 Å². The Morgan fingerprint density at radius 2 is 0.957 bits per heavy atom. The van der Waals surface area contributed by atoms with E-state index in [9.17, 15) is 24.0 Å². The molecular formula is C29H48N6O12. The molecule has 2 aromatic carbocycles. The molecule has 2 aromatic rings. The molecule has 0 spiro atoms. The van der Waals surface area contributed by atoms with Gasteiger partial charge in [-0.1, -0.05) is 48.9 Å². The van der Waals surface area contributed by atoms with E-state index in [1.54, 1.807) is 12.1 Å². The molecule has 18 nitrogen and oxygen atoms in total. The molecule has 18 heteroatoms. The normalized spacial score (nSPS) is 12.1. The second-order valence-electron chi connectivity index (χ2n) is 9.40. The van der Waals surface area contributed by atoms with Crippen LogP contribution < -0.4 is 34.4 Å². The number of phenolic OH excluding ortho intramolecular Hbond substituents is 1. The van der Waals surface area contributed by atoms with Gasteiger partial charge in [-0.05, 0) is 55.5 Å². The van der Waals surface area contributed by atoms with Gasteiger partial charge in [0.25, 0.3) is 0 Å². The average Bonchev–Trinajstić information content (AvgIpc) is 3.03. The van der Waals surface area contributed by atoms with Crippen LogP contribution in [-0.4, -0.2) is 109 Å². The lowest BCUT2D eigenvalue weighted by Gasteiger charge is -2.05. The highest BCUT2D eigenvalue weighted by Gasteiger charge is 2.12. The van der Waals surface area contributed by atoms with E-state index in [4.69, 9.17) is 64.4 Å². The van der Waals surface area contributed by atoms with Gasteiger partial charge in [0.05, 0.1) is 13.2 Å². The van der Waals surface area contributed by atoms with E-state index in [0.29, 0.717) is 19.4 Å². The largest absolute Gasteiger partial charge is 0.508 e. The van der Waals surface area contributed by atoms with Crippen LogP contribution in [0.4, 0.5) is 0 Å². The lowest BCUT2D eigenvalue weighted by Crippen LogP contribution is -2.33. The third-order valence-corrected chi connectivity index (χ3v) is 5.30. The molecule has 2 rings (SSSR count). The number of aromatic hydroxyl groups is 1. The summed E-state index contributed by atoms with van der Waals surface area (Å²) in [6.45, 7) is -0.179. The second-order valence-corrected chi connectivity index (χ2v) is 9.40. The van der Waals surface area contributed by atoms with Crippen molar-refractivity contribution in [3.8, 4) is 5.75 Å². The quantitative estimate of drug-likeness (QED) is 0.0958. The fourth-order valence-corrected chi connectivity index (χ4v) is 2.64. The van der Waals surface area contributed by atoms with E-state index in [0.717, 1.165) is 24.0 Å². The molecule has 0 bridgehead atoms. The maximum absolute atomic E-state index is 10.4. The molecule has 4 atom stereocenters. The Hall–Kier alpha value is -4.69. The van der Waals surface area contributed by atoms with Crippen molar-refractivity contribution in [2.45, 2.75) is 56.3 Å². The van der Waals surface area contributed by atoms with Gasteiger partial charge >= 0.3 is 29.8 Å². The Balaban J connectivity index is -0.000000534. The Labute approximate surface area is 271 Å². The van der Waals surface area contributed by atoms with Crippen LogP contribution >= 0.6 is 0 Å². The molecule has 0 radical (unpaired) electrons. The first-order valence-corrected chi connectivity index (χ1v) is 13.9. The molecule has 47 heavy (non-hydrogen) atoms. The summed E-state index contributed by atoms with van der Waals surface area (Å²) >= 11 is 0. The molecule has 19 N–H and O–H groups in total. The zero-order chi connectivity index (χ0) is 36.9. The van der Waals surface area contributed by atoms with Crippen LogP contribution in [0.15, 0.2) is 54.6 Å². The van der Waals surface area contributed by atoms with Gasteiger partial charge in [-0.2, -0.15) is 0 Å². The Bertz CT molecular complexity index is 1160. The number of carboxylic acid groups (broad SMARTS) is 5. The second kappa shape index (κ2) is 28.8. The number of aliphatic carboxylic acids is 5. The lowest BCUT2D eigenvalue weighted by molar-refractivity contribution is -0.140. The molecule has 0 amide bonds. The van der Waals surface area contributed by atoms with Crippen molar-refractivity contribution < 1.29 is 59.7 Å². The van der Waals surface area contributed by atoms with E-state index in [1.807, 2.05) is 30.3 Å². The first kappa shape index (κ1) is 46.7. The van der Waals surface area contributed by atoms with Gasteiger partial charge < -0.3 is 70.1 Å². The zero-order valence-electron chi connectivity index (χ0n) is 25.8. The standard InChI is InChI=1S/C9H11NO3.C9H11NO2.C6H14N2O2.C3H7NO3.C2H5NO2/c10-8(9(12)13)5-6-1-3-7(11)4-2-6;10-8(9(11)12)6-7-4-2-1-3-5-7;7-4-2-1-3-5(8)6(9)10;4-2(1-5)3(6)7;3-1-2(4)5/h1-4,8,11H,5,10H2,(H,12,13);1-5,8H,6,10H2,(H,11,12);5H,1-4,7-8H2,(H,9,10);2,5H,1,4H2,(H,6,7);1,3H2,(H,4,5). The summed E-state index contributed by atoms with van der Waals surface area (Å²) < 4.78 is 0. The van der Waals surface area contributed by atoms with Crippen LogP contribution in [0.5, 0.6) is 5.75 Å². The molecule has 266 valence electrons. The maximum Gasteiger partial charge on any atom is 0.322 e. The number of unbranched alkanes of at least 4 members (excludes halogenated alkanes) is 1. The lowest BCUT2D eigenvalue weighted by atomic mass is 10.1. The number of benzene rings is 2. The van der Waals surface area contributed by atoms with E-state index in [1.165, 1.54) is 12.1 Å². The van der Waals surface area contributed by atoms with E-state index >= 15 is 0 Å². The van der Waals surface area contributed by atoms with Crippen molar-refractivity contribution in [1.82, 2.24) is 0 Å². The number of rotatable bonds is 14. The van der Waals surface area contributed by atoms with Crippen LogP contribution in [0.3, 0.4) is 0 Å². The Morgan fingerprint density at radius 1 is 0.574 bits per heavy atom. The molecule has 0 saturated carbocycles. The monoisotopic (exact) mass is 672 g/mol. The smallest absolute Gasteiger partial charge is 0.322 e. The number of phenols is 1. The van der Waals surface area contributed by atoms with Crippen molar-refractivity contribution in [1.29, 1.82) is 0 Å². The van der Waals surface area contributed by atoms with E-state index < -0.39 is 60.6 Å². The summed E-state index contributed by atoms with van der Waals surface area (Å²) in [5.74, 6) is -4.90. The molecule has 0 heterocycles. The third-order valence-electron chi connectivity index (χ3n) is 5.30. The van der Waals surface area contributed by atoms with Gasteiger partial charge in [0, 0.05) is 0 Å². The van der Waals surface area contributed by atoms with Crippen LogP contribution in [0.1, 0.15) is 30.4 Å². The summed E-state index contributed by atoms with van der Waals surface area (Å²) in [6.07, 6.45) is 2.82. The number of aliphatic hydroxyl groups is 1. The van der Waals surface area contributed by atoms with Crippen LogP contribution in [0, 0.1) is 0 Å². The Kier molecular flexibility index (Phi) is 28.6. The van der Waals surface area contributed by atoms with E-state index in [2.05, 4.69) is 5.73 Å². The fraction of sp³-hybridized carbons (Fsp3) is 0.414. The summed E-state index contributed by atoms with van der Waals surface area (Å²) in [4.78, 5) is 49.8. The van der Waals surface area contributed by atoms with Crippen molar-refractivity contribution in [3.63, 3.8) is 0 Å². The van der Waals surface area contributed by atoms with Crippen LogP contribution in [0.25, 0.3) is 0 Å². The predicted octanol–water partition coefficient (Wildman–Crippen LogP) is -2.06. The molecule has 0 aliphatic rings. The van der Waals surface area contributed by atoms with Crippen LogP contribution in [0.2, 0.25) is 0 Å². The first-order chi connectivity index (χ1) is 21.9. The molecule has 0 aromatic heterocycles. The van der Waals surface area contributed by atoms with Crippen molar-refractivity contribution in [2.75, 3.05) is 19.7 Å². The molecule has 0 saturated heterocycles. The highest BCUT2D eigenvalue weighted by Crippen LogP contribution is 2.10. The highest BCUT2D eigenvalue weighted by atomic mass is 16.4. The minimum Gasteiger partial charge on any atom is -0.508 e. The van der Waals surface area contributed by atoms with Gasteiger partial charge in [0.1, 0.15) is 29.9 Å². The molecular weight excluding hydrogens is 624 g/mol. The highest BCUT2D eigenvalue weighted by molar-refractivity contribution is 5.74. The number of hydrogen-bond donors (Lipinski definition) is 13.